The molecule has 7 nitrogen and oxygen atoms in total. The van der Waals surface area contributed by atoms with Gasteiger partial charge in [0, 0.05) is 25.3 Å². The van der Waals surface area contributed by atoms with Gasteiger partial charge in [-0.2, -0.15) is 0 Å². The third-order valence-corrected chi connectivity index (χ3v) is 5.35. The number of rotatable bonds is 8. The minimum absolute atomic E-state index is 0.0313. The number of carbonyl (C=O) groups is 2. The van der Waals surface area contributed by atoms with Crippen LogP contribution in [0, 0.1) is 0 Å². The topological polar surface area (TPSA) is 85.3 Å². The van der Waals surface area contributed by atoms with Crippen molar-refractivity contribution in [3.05, 3.63) is 64.2 Å². The van der Waals surface area contributed by atoms with Gasteiger partial charge >= 0.3 is 0 Å². The van der Waals surface area contributed by atoms with Crippen molar-refractivity contribution < 1.29 is 28.9 Å². The molecule has 0 bridgehead atoms. The molecule has 1 N–H and O–H groups in total. The summed E-state index contributed by atoms with van der Waals surface area (Å²) in [6, 6.07) is 11.0. The van der Waals surface area contributed by atoms with E-state index in [1.165, 1.54) is 25.2 Å². The average Bonchev–Trinajstić information content (AvgIpc) is 3.03. The van der Waals surface area contributed by atoms with Crippen LogP contribution in [-0.4, -0.2) is 56.2 Å². The van der Waals surface area contributed by atoms with Gasteiger partial charge in [0.2, 0.25) is 0 Å². The lowest BCUT2D eigenvalue weighted by Crippen LogP contribution is -2.31. The molecule has 8 heteroatoms. The van der Waals surface area contributed by atoms with Crippen LogP contribution in [0.2, 0.25) is 5.02 Å². The van der Waals surface area contributed by atoms with Gasteiger partial charge < -0.3 is 24.2 Å². The second-order valence-electron chi connectivity index (χ2n) is 6.96. The first kappa shape index (κ1) is 22.7. The van der Waals surface area contributed by atoms with Gasteiger partial charge in [0.25, 0.3) is 11.7 Å². The number of carbonyl (C=O) groups excluding carboxylic acids is 2. The Morgan fingerprint density at radius 2 is 1.87 bits per heavy atom. The summed E-state index contributed by atoms with van der Waals surface area (Å²) >= 11 is 6.11. The number of benzene rings is 2. The number of ketones is 1. The number of methoxy groups -OCH3 is 3. The van der Waals surface area contributed by atoms with E-state index in [0.717, 1.165) is 0 Å². The van der Waals surface area contributed by atoms with Crippen LogP contribution in [-0.2, 0) is 14.3 Å². The lowest BCUT2D eigenvalue weighted by atomic mass is 9.94. The number of aliphatic hydroxyl groups is 1. The number of hydrogen-bond acceptors (Lipinski definition) is 6. The molecule has 1 fully saturated rings. The summed E-state index contributed by atoms with van der Waals surface area (Å²) < 4.78 is 15.7. The van der Waals surface area contributed by atoms with E-state index in [0.29, 0.717) is 35.1 Å². The highest BCUT2D eigenvalue weighted by Gasteiger charge is 2.46. The summed E-state index contributed by atoms with van der Waals surface area (Å²) in [5.41, 5.74) is 0.840. The Morgan fingerprint density at radius 3 is 2.55 bits per heavy atom. The van der Waals surface area contributed by atoms with Gasteiger partial charge in [-0.05, 0) is 42.3 Å². The van der Waals surface area contributed by atoms with Crippen LogP contribution in [0.25, 0.3) is 5.76 Å². The van der Waals surface area contributed by atoms with Crippen molar-refractivity contribution in [3.63, 3.8) is 0 Å². The standard InChI is InChI=1S/C23H24ClNO6/c1-29-11-5-10-25-20(14-6-4-7-16(12-14)30-2)19(22(27)23(25)28)21(26)17-13-15(24)8-9-18(17)31-3/h4,6-9,12-13,20,26H,5,10-11H2,1-3H3/b21-19+. The molecule has 1 atom stereocenters. The highest BCUT2D eigenvalue weighted by Crippen LogP contribution is 2.42. The maximum atomic E-state index is 13.0. The number of aliphatic hydroxyl groups excluding tert-OH is 1. The fraction of sp³-hybridized carbons (Fsp3) is 0.304. The van der Waals surface area contributed by atoms with E-state index < -0.39 is 17.7 Å². The number of amides is 1. The van der Waals surface area contributed by atoms with E-state index >= 15 is 0 Å². The zero-order chi connectivity index (χ0) is 22.5. The van der Waals surface area contributed by atoms with E-state index in [-0.39, 0.29) is 23.4 Å². The SMILES string of the molecule is COCCCN1C(=O)C(=O)/C(=C(/O)c2cc(Cl)ccc2OC)C1c1cccc(OC)c1. The molecule has 0 aromatic heterocycles. The van der Waals surface area contributed by atoms with Crippen molar-refractivity contribution in [2.75, 3.05) is 34.5 Å². The van der Waals surface area contributed by atoms with E-state index in [2.05, 4.69) is 0 Å². The van der Waals surface area contributed by atoms with Gasteiger partial charge in [-0.25, -0.2) is 0 Å². The Morgan fingerprint density at radius 1 is 1.10 bits per heavy atom. The zero-order valence-electron chi connectivity index (χ0n) is 17.6. The van der Waals surface area contributed by atoms with Crippen molar-refractivity contribution in [3.8, 4) is 11.5 Å². The van der Waals surface area contributed by atoms with E-state index in [9.17, 15) is 14.7 Å². The zero-order valence-corrected chi connectivity index (χ0v) is 18.3. The summed E-state index contributed by atoms with van der Waals surface area (Å²) in [6.07, 6.45) is 0.532. The Kier molecular flexibility index (Phi) is 7.20. The van der Waals surface area contributed by atoms with Gasteiger partial charge in [-0.3, -0.25) is 9.59 Å². The molecule has 0 radical (unpaired) electrons. The number of nitrogens with zero attached hydrogens (tertiary/aromatic N) is 1. The van der Waals surface area contributed by atoms with Gasteiger partial charge in [0.1, 0.15) is 17.3 Å². The molecule has 1 amide bonds. The minimum atomic E-state index is -0.796. The molecule has 1 unspecified atom stereocenters. The first-order chi connectivity index (χ1) is 14.9. The molecule has 0 saturated carbocycles. The molecule has 0 spiro atoms. The lowest BCUT2D eigenvalue weighted by molar-refractivity contribution is -0.140. The van der Waals surface area contributed by atoms with Crippen LogP contribution in [0.5, 0.6) is 11.5 Å². The predicted molar refractivity (Wildman–Crippen MR) is 117 cm³/mol. The number of hydrogen-bond donors (Lipinski definition) is 1. The number of likely N-dealkylation sites (tertiary alicyclic amines) is 1. The van der Waals surface area contributed by atoms with Crippen molar-refractivity contribution in [2.45, 2.75) is 12.5 Å². The molecular weight excluding hydrogens is 422 g/mol. The van der Waals surface area contributed by atoms with Gasteiger partial charge in [0.15, 0.2) is 0 Å². The first-order valence-corrected chi connectivity index (χ1v) is 10.1. The molecule has 164 valence electrons. The monoisotopic (exact) mass is 445 g/mol. The van der Waals surface area contributed by atoms with Crippen molar-refractivity contribution in [1.82, 2.24) is 4.90 Å². The lowest BCUT2D eigenvalue weighted by Gasteiger charge is -2.25. The van der Waals surface area contributed by atoms with E-state index in [4.69, 9.17) is 25.8 Å². The Hall–Kier alpha value is -3.03. The first-order valence-electron chi connectivity index (χ1n) is 9.68. The molecule has 31 heavy (non-hydrogen) atoms. The maximum Gasteiger partial charge on any atom is 0.295 e. The summed E-state index contributed by atoms with van der Waals surface area (Å²) in [5, 5.41) is 11.5. The van der Waals surface area contributed by atoms with Crippen molar-refractivity contribution >= 4 is 29.1 Å². The van der Waals surface area contributed by atoms with Crippen LogP contribution in [0.15, 0.2) is 48.0 Å². The molecule has 1 heterocycles. The van der Waals surface area contributed by atoms with Gasteiger partial charge in [-0.15, -0.1) is 0 Å². The third kappa shape index (κ3) is 4.52. The van der Waals surface area contributed by atoms with Crippen LogP contribution in [0.1, 0.15) is 23.6 Å². The number of Topliss-reactive ketones (excluding diaryl/α,β-unsaturated/α-hetero) is 1. The minimum Gasteiger partial charge on any atom is -0.507 e. The fourth-order valence-corrected chi connectivity index (χ4v) is 3.83. The van der Waals surface area contributed by atoms with E-state index in [1.54, 1.807) is 43.5 Å². The van der Waals surface area contributed by atoms with Crippen LogP contribution >= 0.6 is 11.6 Å². The van der Waals surface area contributed by atoms with E-state index in [1.807, 2.05) is 0 Å². The second kappa shape index (κ2) is 9.85. The summed E-state index contributed by atoms with van der Waals surface area (Å²) in [4.78, 5) is 27.4. The van der Waals surface area contributed by atoms with Crippen LogP contribution in [0.3, 0.4) is 0 Å². The maximum absolute atomic E-state index is 13.0. The summed E-state index contributed by atoms with van der Waals surface area (Å²) in [7, 11) is 4.55. The normalized spacial score (nSPS) is 17.8. The predicted octanol–water partition coefficient (Wildman–Crippen LogP) is 3.82. The Labute approximate surface area is 185 Å². The summed E-state index contributed by atoms with van der Waals surface area (Å²) in [5.74, 6) is -0.909. The average molecular weight is 446 g/mol. The molecule has 0 aliphatic carbocycles. The quantitative estimate of drug-likeness (QED) is 0.288. The number of halogens is 1. The largest absolute Gasteiger partial charge is 0.507 e. The molecule has 2 aromatic carbocycles. The Balaban J connectivity index is 2.20. The second-order valence-corrected chi connectivity index (χ2v) is 7.40. The Bertz CT molecular complexity index is 1020. The molecule has 3 rings (SSSR count). The molecule has 1 saturated heterocycles. The fourth-order valence-electron chi connectivity index (χ4n) is 3.66. The number of ether oxygens (including phenoxy) is 3. The molecule has 1 aliphatic heterocycles. The van der Waals surface area contributed by atoms with Crippen LogP contribution in [0.4, 0.5) is 0 Å². The molecular formula is C23H24ClNO6. The van der Waals surface area contributed by atoms with Crippen molar-refractivity contribution in [2.24, 2.45) is 0 Å². The summed E-state index contributed by atoms with van der Waals surface area (Å²) in [6.45, 7) is 0.708. The molecule has 2 aromatic rings. The van der Waals surface area contributed by atoms with Crippen LogP contribution < -0.4 is 9.47 Å². The smallest absolute Gasteiger partial charge is 0.295 e. The third-order valence-electron chi connectivity index (χ3n) is 5.11. The molecule has 1 aliphatic rings. The van der Waals surface area contributed by atoms with Gasteiger partial charge in [0.05, 0.1) is 31.4 Å². The highest BCUT2D eigenvalue weighted by atomic mass is 35.5. The van der Waals surface area contributed by atoms with Gasteiger partial charge in [-0.1, -0.05) is 23.7 Å². The van der Waals surface area contributed by atoms with Crippen molar-refractivity contribution in [1.29, 1.82) is 0 Å². The highest BCUT2D eigenvalue weighted by molar-refractivity contribution is 6.46.